The molecule has 4 heterocycles. The average molecular weight is 442 g/mol. The van der Waals surface area contributed by atoms with E-state index in [2.05, 4.69) is 4.98 Å². The maximum absolute atomic E-state index is 13.0. The molecule has 162 valence electrons. The number of carbonyl (C=O) groups excluding carboxylic acids is 1. The van der Waals surface area contributed by atoms with E-state index in [1.54, 1.807) is 48.3 Å². The smallest absolute Gasteiger partial charge is 0.343 e. The molecule has 3 aromatic rings. The molecular weight excluding hydrogens is 420 g/mol. The van der Waals surface area contributed by atoms with Gasteiger partial charge >= 0.3 is 5.97 Å². The van der Waals surface area contributed by atoms with Crippen molar-refractivity contribution in [2.45, 2.75) is 32.1 Å². The van der Waals surface area contributed by atoms with Gasteiger partial charge in [-0.05, 0) is 36.8 Å². The van der Waals surface area contributed by atoms with Crippen LogP contribution in [0.3, 0.4) is 0 Å². The fraction of sp³-hybridized carbons (Fsp3) is 0.318. The average Bonchev–Trinajstić information content (AvgIpc) is 3.07. The summed E-state index contributed by atoms with van der Waals surface area (Å²) in [5.41, 5.74) is 1.25. The van der Waals surface area contributed by atoms with E-state index in [9.17, 15) is 24.0 Å². The van der Waals surface area contributed by atoms with E-state index in [1.165, 1.54) is 0 Å². The minimum absolute atomic E-state index is 0.110. The first kappa shape index (κ1) is 21.2. The van der Waals surface area contributed by atoms with Gasteiger partial charge in [-0.3, -0.25) is 9.00 Å². The van der Waals surface area contributed by atoms with Crippen molar-refractivity contribution < 1.29 is 24.0 Å². The normalized spacial score (nSPS) is 18.7. The second-order valence-electron chi connectivity index (χ2n) is 7.72. The number of aromatic hydroxyl groups is 1. The van der Waals surface area contributed by atoms with E-state index in [0.29, 0.717) is 34.6 Å². The van der Waals surface area contributed by atoms with Crippen LogP contribution in [0.25, 0.3) is 22.3 Å². The standard InChI is InChI=1S/C20H16N2O5.C2H6OS/c1-2-20(26)14-7-16-17-11(5-10-6-12(23)3-4-15(10)21-17)8-22(16)18(24)13(14)9-27-19(20)25;1-4(2)3/h3-7,23,26H,2,8-9H2,1H3;1-2H3. The summed E-state index contributed by atoms with van der Waals surface area (Å²) in [5.74, 6) is -0.585. The molecule has 1 aromatic carbocycles. The number of cyclic esters (lactones) is 1. The first-order chi connectivity index (χ1) is 14.7. The highest BCUT2D eigenvalue weighted by atomic mass is 32.2. The van der Waals surface area contributed by atoms with Gasteiger partial charge in [-0.25, -0.2) is 9.78 Å². The zero-order chi connectivity index (χ0) is 22.5. The summed E-state index contributed by atoms with van der Waals surface area (Å²) in [6.07, 6.45) is 3.39. The third kappa shape index (κ3) is 3.43. The topological polar surface area (TPSA) is 119 Å². The van der Waals surface area contributed by atoms with Gasteiger partial charge in [0, 0.05) is 39.8 Å². The van der Waals surface area contributed by atoms with Gasteiger partial charge < -0.3 is 19.5 Å². The summed E-state index contributed by atoms with van der Waals surface area (Å²) in [7, 11) is -0.611. The van der Waals surface area contributed by atoms with Gasteiger partial charge in [0.15, 0.2) is 5.60 Å². The van der Waals surface area contributed by atoms with Crippen LogP contribution < -0.4 is 5.56 Å². The Balaban J connectivity index is 0.000000535. The van der Waals surface area contributed by atoms with Gasteiger partial charge in [-0.1, -0.05) is 6.92 Å². The van der Waals surface area contributed by atoms with E-state index in [-0.39, 0.29) is 24.3 Å². The number of hydrogen-bond acceptors (Lipinski definition) is 7. The van der Waals surface area contributed by atoms with Crippen molar-refractivity contribution >= 4 is 27.7 Å². The lowest BCUT2D eigenvalue weighted by atomic mass is 9.86. The third-order valence-corrected chi connectivity index (χ3v) is 5.49. The molecule has 8 nitrogen and oxygen atoms in total. The van der Waals surface area contributed by atoms with Crippen LogP contribution in [0.15, 0.2) is 35.1 Å². The van der Waals surface area contributed by atoms with Gasteiger partial charge in [0.05, 0.1) is 29.0 Å². The molecule has 9 heteroatoms. The number of aromatic nitrogens is 2. The molecule has 5 rings (SSSR count). The van der Waals surface area contributed by atoms with Crippen LogP contribution in [-0.2, 0) is 39.1 Å². The largest absolute Gasteiger partial charge is 0.508 e. The Morgan fingerprint density at radius 3 is 2.61 bits per heavy atom. The molecule has 0 aliphatic carbocycles. The van der Waals surface area contributed by atoms with E-state index in [1.807, 2.05) is 6.07 Å². The Morgan fingerprint density at radius 2 is 1.94 bits per heavy atom. The van der Waals surface area contributed by atoms with Crippen molar-refractivity contribution in [3.05, 3.63) is 57.4 Å². The third-order valence-electron chi connectivity index (χ3n) is 5.49. The lowest BCUT2D eigenvalue weighted by Gasteiger charge is -2.31. The molecule has 0 radical (unpaired) electrons. The van der Waals surface area contributed by atoms with Gasteiger partial charge in [0.2, 0.25) is 0 Å². The molecule has 1 atom stereocenters. The monoisotopic (exact) mass is 442 g/mol. The van der Waals surface area contributed by atoms with Gasteiger partial charge in [0.1, 0.15) is 12.4 Å². The van der Waals surface area contributed by atoms with Gasteiger partial charge in [0.25, 0.3) is 5.56 Å². The van der Waals surface area contributed by atoms with Crippen molar-refractivity contribution in [3.63, 3.8) is 0 Å². The van der Waals surface area contributed by atoms with Crippen LogP contribution in [0.1, 0.15) is 30.0 Å². The molecule has 2 aliphatic heterocycles. The van der Waals surface area contributed by atoms with Crippen LogP contribution in [0.2, 0.25) is 0 Å². The first-order valence-electron chi connectivity index (χ1n) is 9.70. The minimum atomic E-state index is -1.83. The van der Waals surface area contributed by atoms with Crippen LogP contribution in [0, 0.1) is 0 Å². The maximum Gasteiger partial charge on any atom is 0.343 e. The highest BCUT2D eigenvalue weighted by Gasteiger charge is 2.45. The Hall–Kier alpha value is -3.04. The molecule has 0 saturated heterocycles. The predicted molar refractivity (Wildman–Crippen MR) is 116 cm³/mol. The van der Waals surface area contributed by atoms with Crippen LogP contribution in [0.4, 0.5) is 0 Å². The fourth-order valence-corrected chi connectivity index (χ4v) is 3.97. The maximum atomic E-state index is 13.0. The molecule has 2 aromatic heterocycles. The number of ether oxygens (including phenoxy) is 1. The number of esters is 1. The predicted octanol–water partition coefficient (Wildman–Crippen LogP) is 1.78. The number of phenolic OH excluding ortho intramolecular Hbond substituents is 1. The van der Waals surface area contributed by atoms with Crippen molar-refractivity contribution in [3.8, 4) is 17.1 Å². The summed E-state index contributed by atoms with van der Waals surface area (Å²) in [4.78, 5) is 29.8. The summed E-state index contributed by atoms with van der Waals surface area (Å²) in [5, 5.41) is 21.3. The second kappa shape index (κ2) is 7.58. The zero-order valence-corrected chi connectivity index (χ0v) is 18.2. The highest BCUT2D eigenvalue weighted by Crippen LogP contribution is 2.38. The number of fused-ring (bicyclic) bond motifs is 5. The van der Waals surface area contributed by atoms with Crippen LogP contribution >= 0.6 is 0 Å². The molecular formula is C22H22N2O6S. The Kier molecular flexibility index (Phi) is 5.18. The van der Waals surface area contributed by atoms with E-state index in [0.717, 1.165) is 10.9 Å². The molecule has 0 bridgehead atoms. The number of hydrogen-bond donors (Lipinski definition) is 2. The lowest BCUT2D eigenvalue weighted by Crippen LogP contribution is -2.44. The molecule has 2 N–H and O–H groups in total. The molecule has 1 unspecified atom stereocenters. The lowest BCUT2D eigenvalue weighted by molar-refractivity contribution is -0.172. The number of carbonyl (C=O) groups is 1. The SMILES string of the molecule is CCC1(O)C(=O)OCc2c1cc1n(c2=O)Cc2cc3cc(O)ccc3nc2-1.CS(C)=O. The number of phenols is 1. The minimum Gasteiger partial charge on any atom is -0.508 e. The van der Waals surface area contributed by atoms with E-state index in [4.69, 9.17) is 4.74 Å². The van der Waals surface area contributed by atoms with Crippen LogP contribution in [-0.4, -0.2) is 42.5 Å². The Morgan fingerprint density at radius 1 is 1.23 bits per heavy atom. The Bertz CT molecular complexity index is 1310. The van der Waals surface area contributed by atoms with Crippen molar-refractivity contribution in [1.82, 2.24) is 9.55 Å². The van der Waals surface area contributed by atoms with Crippen LogP contribution in [0.5, 0.6) is 5.75 Å². The van der Waals surface area contributed by atoms with Crippen molar-refractivity contribution in [2.75, 3.05) is 12.5 Å². The number of pyridine rings is 2. The summed E-state index contributed by atoms with van der Waals surface area (Å²) >= 11 is 0. The number of benzene rings is 1. The van der Waals surface area contributed by atoms with E-state index >= 15 is 0 Å². The summed E-state index contributed by atoms with van der Waals surface area (Å²) in [6, 6.07) is 8.48. The van der Waals surface area contributed by atoms with Gasteiger partial charge in [-0.2, -0.15) is 0 Å². The number of nitrogens with zero attached hydrogens (tertiary/aromatic N) is 2. The number of aliphatic hydroxyl groups is 1. The molecule has 0 spiro atoms. The zero-order valence-electron chi connectivity index (χ0n) is 17.3. The fourth-order valence-electron chi connectivity index (χ4n) is 3.97. The van der Waals surface area contributed by atoms with Gasteiger partial charge in [-0.15, -0.1) is 0 Å². The number of rotatable bonds is 1. The first-order valence-corrected chi connectivity index (χ1v) is 11.7. The highest BCUT2D eigenvalue weighted by molar-refractivity contribution is 7.83. The molecule has 0 amide bonds. The second-order valence-corrected chi connectivity index (χ2v) is 9.20. The molecule has 0 saturated carbocycles. The van der Waals surface area contributed by atoms with E-state index < -0.39 is 22.4 Å². The molecule has 31 heavy (non-hydrogen) atoms. The molecule has 0 fully saturated rings. The summed E-state index contributed by atoms with van der Waals surface area (Å²) < 4.78 is 16.2. The molecule has 2 aliphatic rings. The quantitative estimate of drug-likeness (QED) is 0.431. The summed E-state index contributed by atoms with van der Waals surface area (Å²) in [6.45, 7) is 1.87. The van der Waals surface area contributed by atoms with Crippen molar-refractivity contribution in [2.24, 2.45) is 0 Å². The van der Waals surface area contributed by atoms with Crippen molar-refractivity contribution in [1.29, 1.82) is 0 Å². The Labute approximate surface area is 180 Å².